The topological polar surface area (TPSA) is 61.6 Å². The van der Waals surface area contributed by atoms with Gasteiger partial charge in [-0.3, -0.25) is 4.79 Å². The third-order valence-electron chi connectivity index (χ3n) is 2.89. The van der Waals surface area contributed by atoms with Crippen molar-refractivity contribution in [1.29, 1.82) is 0 Å². The predicted octanol–water partition coefficient (Wildman–Crippen LogP) is 2.34. The van der Waals surface area contributed by atoms with Gasteiger partial charge in [0, 0.05) is 24.0 Å². The molecule has 0 aromatic heterocycles. The molecule has 98 valence electrons. The number of hydrogen-bond donors (Lipinski definition) is 1. The Labute approximate surface area is 111 Å². The van der Waals surface area contributed by atoms with E-state index in [0.717, 1.165) is 12.0 Å². The first-order chi connectivity index (χ1) is 8.65. The largest absolute Gasteiger partial charge is 0.489 e. The number of fused-ring (bicyclic) bond motifs is 1. The molecule has 0 spiro atoms. The smallest absolute Gasteiger partial charge is 0.180 e. The van der Waals surface area contributed by atoms with E-state index in [9.17, 15) is 4.79 Å². The summed E-state index contributed by atoms with van der Waals surface area (Å²) in [4.78, 5) is 12.0. The van der Waals surface area contributed by atoms with E-state index in [1.807, 2.05) is 6.92 Å². The third-order valence-corrected chi connectivity index (χ3v) is 3.17. The molecule has 5 heteroatoms. The zero-order chi connectivity index (χ0) is 13.1. The number of hydrogen-bond acceptors (Lipinski definition) is 4. The van der Waals surface area contributed by atoms with E-state index in [1.54, 1.807) is 6.07 Å². The van der Waals surface area contributed by atoms with Crippen LogP contribution in [0, 0.1) is 6.92 Å². The maximum atomic E-state index is 12.0. The number of ketones is 1. The fraction of sp³-hybridized carbons (Fsp3) is 0.462. The first-order valence-corrected chi connectivity index (χ1v) is 6.35. The van der Waals surface area contributed by atoms with Crippen LogP contribution in [0.4, 0.5) is 0 Å². The van der Waals surface area contributed by atoms with E-state index in [-0.39, 0.29) is 5.78 Å². The van der Waals surface area contributed by atoms with Crippen molar-refractivity contribution >= 4 is 17.4 Å². The average Bonchev–Trinajstić information content (AvgIpc) is 2.60. The molecule has 1 aromatic carbocycles. The maximum absolute atomic E-state index is 12.0. The van der Waals surface area contributed by atoms with Crippen molar-refractivity contribution in [3.8, 4) is 11.5 Å². The van der Waals surface area contributed by atoms with Crippen molar-refractivity contribution in [3.63, 3.8) is 0 Å². The molecule has 0 aliphatic carbocycles. The molecule has 0 fully saturated rings. The second-order valence-corrected chi connectivity index (χ2v) is 4.61. The van der Waals surface area contributed by atoms with Gasteiger partial charge in [-0.25, -0.2) is 0 Å². The minimum absolute atomic E-state index is 0.0208. The van der Waals surface area contributed by atoms with Gasteiger partial charge in [0.2, 0.25) is 0 Å². The zero-order valence-electron chi connectivity index (χ0n) is 10.3. The normalized spacial score (nSPS) is 14.2. The van der Waals surface area contributed by atoms with Gasteiger partial charge in [0.1, 0.15) is 0 Å². The summed E-state index contributed by atoms with van der Waals surface area (Å²) < 4.78 is 11.2. The predicted molar refractivity (Wildman–Crippen MR) is 69.8 cm³/mol. The van der Waals surface area contributed by atoms with E-state index in [2.05, 4.69) is 0 Å². The van der Waals surface area contributed by atoms with Crippen LogP contribution in [-0.2, 0) is 0 Å². The molecule has 1 aliphatic rings. The minimum atomic E-state index is -0.0208. The number of ether oxygens (including phenoxy) is 2. The molecule has 0 amide bonds. The Kier molecular flexibility index (Phi) is 4.09. The highest BCUT2D eigenvalue weighted by Crippen LogP contribution is 2.41. The Morgan fingerprint density at radius 1 is 1.39 bits per heavy atom. The van der Waals surface area contributed by atoms with Gasteiger partial charge in [-0.15, -0.1) is 0 Å². The molecule has 0 unspecified atom stereocenters. The van der Waals surface area contributed by atoms with Gasteiger partial charge in [-0.05, 0) is 19.5 Å². The molecule has 1 aromatic rings. The fourth-order valence-electron chi connectivity index (χ4n) is 1.97. The van der Waals surface area contributed by atoms with Gasteiger partial charge < -0.3 is 15.2 Å². The second kappa shape index (κ2) is 5.59. The molecule has 0 radical (unpaired) electrons. The SMILES string of the molecule is Cc1c(C(=O)CCN)cc(Cl)c2c1OCCCO2. The van der Waals surface area contributed by atoms with Crippen molar-refractivity contribution in [3.05, 3.63) is 22.2 Å². The molecule has 18 heavy (non-hydrogen) atoms. The lowest BCUT2D eigenvalue weighted by atomic mass is 10.0. The number of carbonyl (C=O) groups excluding carboxylic acids is 1. The number of benzene rings is 1. The molecule has 0 saturated heterocycles. The van der Waals surface area contributed by atoms with Gasteiger partial charge in [0.15, 0.2) is 17.3 Å². The zero-order valence-corrected chi connectivity index (χ0v) is 11.0. The Morgan fingerprint density at radius 3 is 2.72 bits per heavy atom. The molecule has 4 nitrogen and oxygen atoms in total. The van der Waals surface area contributed by atoms with Crippen molar-refractivity contribution in [1.82, 2.24) is 0 Å². The lowest BCUT2D eigenvalue weighted by Gasteiger charge is -2.15. The number of nitrogens with two attached hydrogens (primary N) is 1. The van der Waals surface area contributed by atoms with Crippen LogP contribution < -0.4 is 15.2 Å². The average molecular weight is 270 g/mol. The summed E-state index contributed by atoms with van der Waals surface area (Å²) in [6, 6.07) is 1.64. The number of Topliss-reactive ketones (excluding diaryl/α,β-unsaturated/α-hetero) is 1. The highest BCUT2D eigenvalue weighted by molar-refractivity contribution is 6.32. The van der Waals surface area contributed by atoms with Crippen molar-refractivity contribution in [2.45, 2.75) is 19.8 Å². The Balaban J connectivity index is 2.48. The highest BCUT2D eigenvalue weighted by atomic mass is 35.5. The molecule has 0 atom stereocenters. The molecule has 0 saturated carbocycles. The summed E-state index contributed by atoms with van der Waals surface area (Å²) >= 11 is 6.15. The molecule has 2 N–H and O–H groups in total. The summed E-state index contributed by atoms with van der Waals surface area (Å²) in [5.41, 5.74) is 6.75. The van der Waals surface area contributed by atoms with Gasteiger partial charge in [-0.2, -0.15) is 0 Å². The Hall–Kier alpha value is -1.26. The Morgan fingerprint density at radius 2 is 2.06 bits per heavy atom. The van der Waals surface area contributed by atoms with E-state index in [1.165, 1.54) is 0 Å². The number of carbonyl (C=O) groups is 1. The van der Waals surface area contributed by atoms with Crippen molar-refractivity contribution in [2.24, 2.45) is 5.73 Å². The van der Waals surface area contributed by atoms with Crippen molar-refractivity contribution in [2.75, 3.05) is 19.8 Å². The third kappa shape index (κ3) is 2.44. The Bertz CT molecular complexity index is 474. The van der Waals surface area contributed by atoms with E-state index in [0.29, 0.717) is 48.3 Å². The fourth-order valence-corrected chi connectivity index (χ4v) is 2.22. The van der Waals surface area contributed by atoms with Gasteiger partial charge >= 0.3 is 0 Å². The van der Waals surface area contributed by atoms with E-state index < -0.39 is 0 Å². The van der Waals surface area contributed by atoms with Crippen LogP contribution in [0.5, 0.6) is 11.5 Å². The van der Waals surface area contributed by atoms with Crippen LogP contribution in [0.3, 0.4) is 0 Å². The first-order valence-electron chi connectivity index (χ1n) is 5.97. The number of rotatable bonds is 3. The summed E-state index contributed by atoms with van der Waals surface area (Å²) in [7, 11) is 0. The standard InChI is InChI=1S/C13H16ClNO3/c1-8-9(11(16)3-4-15)7-10(14)13-12(8)17-5-2-6-18-13/h7H,2-6,15H2,1H3. The lowest BCUT2D eigenvalue weighted by Crippen LogP contribution is -2.10. The molecule has 1 heterocycles. The maximum Gasteiger partial charge on any atom is 0.180 e. The molecule has 0 bridgehead atoms. The van der Waals surface area contributed by atoms with Crippen LogP contribution in [0.25, 0.3) is 0 Å². The summed E-state index contributed by atoms with van der Waals surface area (Å²) in [5, 5.41) is 0.415. The van der Waals surface area contributed by atoms with Crippen LogP contribution in [0.15, 0.2) is 6.07 Å². The summed E-state index contributed by atoms with van der Waals surface area (Å²) in [6.07, 6.45) is 1.10. The quantitative estimate of drug-likeness (QED) is 0.856. The second-order valence-electron chi connectivity index (χ2n) is 4.20. The summed E-state index contributed by atoms with van der Waals surface area (Å²) in [5.74, 6) is 1.10. The molecule has 2 rings (SSSR count). The monoisotopic (exact) mass is 269 g/mol. The van der Waals surface area contributed by atoms with Crippen LogP contribution >= 0.6 is 11.6 Å². The van der Waals surface area contributed by atoms with E-state index in [4.69, 9.17) is 26.8 Å². The van der Waals surface area contributed by atoms with Gasteiger partial charge in [0.25, 0.3) is 0 Å². The summed E-state index contributed by atoms with van der Waals surface area (Å²) in [6.45, 7) is 3.30. The van der Waals surface area contributed by atoms with Gasteiger partial charge in [0.05, 0.1) is 18.2 Å². The van der Waals surface area contributed by atoms with Crippen LogP contribution in [0.1, 0.15) is 28.8 Å². The minimum Gasteiger partial charge on any atom is -0.489 e. The molecule has 1 aliphatic heterocycles. The van der Waals surface area contributed by atoms with Crippen molar-refractivity contribution < 1.29 is 14.3 Å². The molecular formula is C13H16ClNO3. The van der Waals surface area contributed by atoms with Gasteiger partial charge in [-0.1, -0.05) is 11.6 Å². The highest BCUT2D eigenvalue weighted by Gasteiger charge is 2.22. The van der Waals surface area contributed by atoms with E-state index >= 15 is 0 Å². The molecular weight excluding hydrogens is 254 g/mol. The first kappa shape index (κ1) is 13.2. The number of halogens is 1. The van der Waals surface area contributed by atoms with Crippen LogP contribution in [-0.4, -0.2) is 25.5 Å². The van der Waals surface area contributed by atoms with Crippen LogP contribution in [0.2, 0.25) is 5.02 Å². The lowest BCUT2D eigenvalue weighted by molar-refractivity contribution is 0.0984.